The van der Waals surface area contributed by atoms with Crippen molar-refractivity contribution in [1.29, 1.82) is 0 Å². The number of ether oxygens (including phenoxy) is 1. The van der Waals surface area contributed by atoms with Crippen molar-refractivity contribution in [3.8, 4) is 5.88 Å². The number of hydrogen-bond donors (Lipinski definition) is 2. The molecule has 2 aromatic heterocycles. The number of aryl methyl sites for hydroxylation is 2. The molecule has 0 aliphatic carbocycles. The summed E-state index contributed by atoms with van der Waals surface area (Å²) in [5, 5.41) is 10.4. The normalized spacial score (nSPS) is 11.8. The van der Waals surface area contributed by atoms with Crippen LogP contribution in [0, 0.1) is 13.8 Å². The van der Waals surface area contributed by atoms with Gasteiger partial charge in [0.15, 0.2) is 5.96 Å². The van der Waals surface area contributed by atoms with Crippen molar-refractivity contribution in [3.05, 3.63) is 39.8 Å². The van der Waals surface area contributed by atoms with Crippen LogP contribution in [0.4, 0.5) is 13.2 Å². The number of halogens is 5. The first-order valence-electron chi connectivity index (χ1n) is 8.42. The number of alkyl halides is 3. The van der Waals surface area contributed by atoms with Gasteiger partial charge in [-0.3, -0.25) is 9.67 Å². The predicted octanol–water partition coefficient (Wildman–Crippen LogP) is 3.47. The number of rotatable bonds is 6. The van der Waals surface area contributed by atoms with Crippen LogP contribution >= 0.6 is 35.6 Å². The third-order valence-corrected chi connectivity index (χ3v) is 4.35. The Morgan fingerprint density at radius 1 is 1.31 bits per heavy atom. The van der Waals surface area contributed by atoms with Gasteiger partial charge in [0.25, 0.3) is 0 Å². The van der Waals surface area contributed by atoms with Crippen LogP contribution in [0.5, 0.6) is 5.88 Å². The summed E-state index contributed by atoms with van der Waals surface area (Å²) in [6.45, 7) is 4.97. The van der Waals surface area contributed by atoms with Crippen LogP contribution in [0.1, 0.15) is 22.5 Å². The third kappa shape index (κ3) is 6.91. The Kier molecular flexibility index (Phi) is 9.46. The van der Waals surface area contributed by atoms with Gasteiger partial charge in [-0.15, -0.1) is 24.0 Å². The molecule has 0 aromatic carbocycles. The van der Waals surface area contributed by atoms with E-state index in [1.807, 2.05) is 25.6 Å². The lowest BCUT2D eigenvalue weighted by atomic mass is 10.2. The molecule has 0 atom stereocenters. The molecule has 0 unspecified atom stereocenters. The van der Waals surface area contributed by atoms with Gasteiger partial charge in [-0.2, -0.15) is 18.3 Å². The lowest BCUT2D eigenvalue weighted by molar-refractivity contribution is -0.137. The summed E-state index contributed by atoms with van der Waals surface area (Å²) in [6.07, 6.45) is -3.81. The molecule has 2 heterocycles. The molecule has 0 fully saturated rings. The van der Waals surface area contributed by atoms with E-state index in [0.29, 0.717) is 25.2 Å². The average molecular weight is 547 g/mol. The Morgan fingerprint density at radius 2 is 2.00 bits per heavy atom. The number of pyridine rings is 1. The van der Waals surface area contributed by atoms with Gasteiger partial charge in [-0.25, -0.2) is 4.98 Å². The van der Waals surface area contributed by atoms with Gasteiger partial charge in [0.1, 0.15) is 11.6 Å². The molecule has 2 N–H and O–H groups in total. The quantitative estimate of drug-likeness (QED) is 0.251. The maximum Gasteiger partial charge on any atom is 0.417 e. The van der Waals surface area contributed by atoms with Crippen LogP contribution < -0.4 is 15.4 Å². The minimum Gasteiger partial charge on any atom is -0.475 e. The topological polar surface area (TPSA) is 76.4 Å². The molecule has 2 aromatic rings. The van der Waals surface area contributed by atoms with Crippen LogP contribution in [-0.4, -0.2) is 40.9 Å². The lowest BCUT2D eigenvalue weighted by Crippen LogP contribution is -2.39. The molecule has 0 aliphatic rings. The fourth-order valence-electron chi connectivity index (χ4n) is 2.47. The monoisotopic (exact) mass is 546 g/mol. The van der Waals surface area contributed by atoms with Crippen molar-refractivity contribution >= 4 is 41.5 Å². The van der Waals surface area contributed by atoms with Crippen LogP contribution in [0.15, 0.2) is 17.3 Å². The first-order chi connectivity index (χ1) is 13.1. The van der Waals surface area contributed by atoms with Crippen molar-refractivity contribution < 1.29 is 17.9 Å². The van der Waals surface area contributed by atoms with Gasteiger partial charge >= 0.3 is 6.18 Å². The number of aliphatic imine (C=N–C) groups is 1. The Balaban J connectivity index is 0.00000420. The van der Waals surface area contributed by atoms with Gasteiger partial charge < -0.3 is 15.4 Å². The highest BCUT2D eigenvalue weighted by Gasteiger charge is 2.31. The van der Waals surface area contributed by atoms with E-state index in [1.165, 1.54) is 0 Å². The summed E-state index contributed by atoms with van der Waals surface area (Å²) in [4.78, 5) is 7.74. The second-order valence-electron chi connectivity index (χ2n) is 5.98. The van der Waals surface area contributed by atoms with E-state index < -0.39 is 11.7 Å². The Labute approximate surface area is 189 Å². The standard InChI is InChI=1S/C17H22ClF3N6O.HI/c1-10-13(11(2)27(4)26-10)9-25-16(22-3)23-5-6-28-15-14(18)7-12(8-24-15)17(19,20)21;/h7-8H,5-6,9H2,1-4H3,(H2,22,23,25);1H. The summed E-state index contributed by atoms with van der Waals surface area (Å²) >= 11 is 5.80. The van der Waals surface area contributed by atoms with E-state index >= 15 is 0 Å². The summed E-state index contributed by atoms with van der Waals surface area (Å²) in [5.74, 6) is 0.499. The van der Waals surface area contributed by atoms with Crippen LogP contribution in [0.25, 0.3) is 0 Å². The molecule has 0 spiro atoms. The maximum absolute atomic E-state index is 12.6. The first kappa shape index (κ1) is 25.3. The molecule has 2 rings (SSSR count). The third-order valence-electron chi connectivity index (χ3n) is 4.08. The average Bonchev–Trinajstić information content (AvgIpc) is 2.86. The van der Waals surface area contributed by atoms with Gasteiger partial charge in [-0.05, 0) is 19.9 Å². The highest BCUT2D eigenvalue weighted by Crippen LogP contribution is 2.32. The van der Waals surface area contributed by atoms with Crippen LogP contribution in [0.2, 0.25) is 5.02 Å². The van der Waals surface area contributed by atoms with E-state index in [2.05, 4.69) is 25.7 Å². The summed E-state index contributed by atoms with van der Waals surface area (Å²) in [7, 11) is 3.52. The largest absolute Gasteiger partial charge is 0.475 e. The number of nitrogens with one attached hydrogen (secondary N) is 2. The second kappa shape index (κ2) is 10.9. The zero-order chi connectivity index (χ0) is 20.9. The highest BCUT2D eigenvalue weighted by atomic mass is 127. The molecule has 0 radical (unpaired) electrons. The second-order valence-corrected chi connectivity index (χ2v) is 6.39. The molecule has 0 aliphatic heterocycles. The Morgan fingerprint density at radius 3 is 2.52 bits per heavy atom. The molecule has 0 bridgehead atoms. The van der Waals surface area contributed by atoms with E-state index in [4.69, 9.17) is 16.3 Å². The number of aromatic nitrogens is 3. The van der Waals surface area contributed by atoms with Gasteiger partial charge in [0.2, 0.25) is 5.88 Å². The fourth-order valence-corrected chi connectivity index (χ4v) is 2.69. The number of hydrogen-bond acceptors (Lipinski definition) is 4. The van der Waals surface area contributed by atoms with Crippen molar-refractivity contribution in [3.63, 3.8) is 0 Å². The highest BCUT2D eigenvalue weighted by molar-refractivity contribution is 14.0. The van der Waals surface area contributed by atoms with Crippen molar-refractivity contribution in [2.24, 2.45) is 12.0 Å². The summed E-state index contributed by atoms with van der Waals surface area (Å²) < 4.78 is 45.0. The summed E-state index contributed by atoms with van der Waals surface area (Å²) in [6, 6.07) is 0.788. The van der Waals surface area contributed by atoms with Gasteiger partial charge in [0, 0.05) is 38.1 Å². The molecule has 0 saturated carbocycles. The molecular formula is C17H23ClF3IN6O. The molecule has 12 heteroatoms. The van der Waals surface area contributed by atoms with E-state index in [0.717, 1.165) is 23.0 Å². The van der Waals surface area contributed by atoms with Crippen molar-refractivity contribution in [1.82, 2.24) is 25.4 Å². The van der Waals surface area contributed by atoms with E-state index in [-0.39, 0.29) is 41.5 Å². The zero-order valence-corrected chi connectivity index (χ0v) is 19.5. The smallest absolute Gasteiger partial charge is 0.417 e. The predicted molar refractivity (Wildman–Crippen MR) is 116 cm³/mol. The Hall–Kier alpha value is -1.76. The SMILES string of the molecule is CN=C(NCCOc1ncc(C(F)(F)F)cc1Cl)NCc1c(C)nn(C)c1C.I. The van der Waals surface area contributed by atoms with E-state index in [1.54, 1.807) is 7.05 Å². The molecule has 0 saturated heterocycles. The maximum atomic E-state index is 12.6. The number of nitrogens with zero attached hydrogens (tertiary/aromatic N) is 4. The van der Waals surface area contributed by atoms with Gasteiger partial charge in [0.05, 0.1) is 17.8 Å². The van der Waals surface area contributed by atoms with Crippen LogP contribution in [-0.2, 0) is 19.8 Å². The molecule has 162 valence electrons. The number of guanidine groups is 1. The molecule has 7 nitrogen and oxygen atoms in total. The zero-order valence-electron chi connectivity index (χ0n) is 16.4. The molecule has 29 heavy (non-hydrogen) atoms. The fraction of sp³-hybridized carbons (Fsp3) is 0.471. The first-order valence-corrected chi connectivity index (χ1v) is 8.80. The van der Waals surface area contributed by atoms with Crippen LogP contribution in [0.3, 0.4) is 0 Å². The van der Waals surface area contributed by atoms with E-state index in [9.17, 15) is 13.2 Å². The molecular weight excluding hydrogens is 524 g/mol. The Bertz CT molecular complexity index is 856. The molecule has 0 amide bonds. The van der Waals surface area contributed by atoms with Crippen molar-refractivity contribution in [2.75, 3.05) is 20.2 Å². The minimum atomic E-state index is -4.50. The van der Waals surface area contributed by atoms with Gasteiger partial charge in [-0.1, -0.05) is 11.6 Å². The minimum absolute atomic E-state index is 0. The summed E-state index contributed by atoms with van der Waals surface area (Å²) in [5.41, 5.74) is 2.16. The van der Waals surface area contributed by atoms with Crippen molar-refractivity contribution in [2.45, 2.75) is 26.6 Å². The lowest BCUT2D eigenvalue weighted by Gasteiger charge is -2.13.